The fraction of sp³-hybridized carbons (Fsp3) is 0.714. The van der Waals surface area contributed by atoms with Gasteiger partial charge in [0.05, 0.1) is 12.4 Å². The molecule has 0 unspecified atom stereocenters. The van der Waals surface area contributed by atoms with Crippen LogP contribution in [-0.4, -0.2) is 28.9 Å². The van der Waals surface area contributed by atoms with Crippen LogP contribution in [0.1, 0.15) is 103 Å². The molecular weight excluding hydrogens is 414 g/mol. The number of Topliss-reactive ketones (excluding diaryl/α,β-unsaturated/α-hetero) is 1. The van der Waals surface area contributed by atoms with Crippen molar-refractivity contribution in [2.24, 2.45) is 11.8 Å². The molecule has 5 nitrogen and oxygen atoms in total. The quantitative estimate of drug-likeness (QED) is 0.216. The summed E-state index contributed by atoms with van der Waals surface area (Å²) in [4.78, 5) is 24.5. The highest BCUT2D eigenvalue weighted by Gasteiger charge is 2.32. The van der Waals surface area contributed by atoms with Crippen LogP contribution in [0.5, 0.6) is 0 Å². The van der Waals surface area contributed by atoms with Crippen molar-refractivity contribution in [3.05, 3.63) is 36.3 Å². The maximum absolute atomic E-state index is 12.3. The molecule has 1 aliphatic carbocycles. The van der Waals surface area contributed by atoms with E-state index < -0.39 is 0 Å². The van der Waals surface area contributed by atoms with E-state index in [0.29, 0.717) is 18.6 Å². The minimum Gasteiger partial charge on any atom is -0.469 e. The van der Waals surface area contributed by atoms with Crippen molar-refractivity contribution in [1.29, 1.82) is 0 Å². The fourth-order valence-electron chi connectivity index (χ4n) is 4.75. The Balaban J connectivity index is 1.55. The minimum absolute atomic E-state index is 0.113. The Morgan fingerprint density at radius 1 is 1.21 bits per heavy atom. The predicted octanol–water partition coefficient (Wildman–Crippen LogP) is 6.15. The van der Waals surface area contributed by atoms with Crippen molar-refractivity contribution in [2.45, 2.75) is 116 Å². The van der Waals surface area contributed by atoms with Gasteiger partial charge in [0, 0.05) is 31.2 Å². The maximum Gasteiger partial charge on any atom is 0.220 e. The number of aliphatic hydroxyl groups excluding tert-OH is 1. The van der Waals surface area contributed by atoms with Crippen LogP contribution in [0.4, 0.5) is 0 Å². The summed E-state index contributed by atoms with van der Waals surface area (Å²) in [5.74, 6) is 1.86. The Hall–Kier alpha value is -1.88. The zero-order valence-electron chi connectivity index (χ0n) is 20.8. The molecule has 0 spiro atoms. The third kappa shape index (κ3) is 11.2. The molecule has 1 aliphatic rings. The average molecular weight is 460 g/mol. The number of unbranched alkanes of at least 4 members (excludes halogenated alkanes) is 5. The van der Waals surface area contributed by atoms with Crippen LogP contribution in [0, 0.1) is 11.8 Å². The molecule has 1 aromatic heterocycles. The summed E-state index contributed by atoms with van der Waals surface area (Å²) in [6.45, 7) is 4.20. The molecule has 0 aromatic carbocycles. The molecule has 5 heteroatoms. The van der Waals surface area contributed by atoms with Crippen LogP contribution in [0.25, 0.3) is 0 Å². The van der Waals surface area contributed by atoms with E-state index in [-0.39, 0.29) is 29.9 Å². The van der Waals surface area contributed by atoms with Gasteiger partial charge in [-0.1, -0.05) is 57.6 Å². The second-order valence-corrected chi connectivity index (χ2v) is 9.76. The molecule has 0 radical (unpaired) electrons. The van der Waals surface area contributed by atoms with Crippen LogP contribution in [0.3, 0.4) is 0 Å². The molecule has 33 heavy (non-hydrogen) atoms. The predicted molar refractivity (Wildman–Crippen MR) is 133 cm³/mol. The number of furan rings is 1. The monoisotopic (exact) mass is 459 g/mol. The van der Waals surface area contributed by atoms with Gasteiger partial charge in [-0.15, -0.1) is 0 Å². The SMILES string of the molecule is CCCCC[C@H](O)/C=C/[C@H]1CCC(=O)[C@@H]1CCCCCCC(=O)N[C@@H](C)CCc1ccco1. The summed E-state index contributed by atoms with van der Waals surface area (Å²) in [5.41, 5.74) is 0. The number of aryl methyl sites for hydroxylation is 1. The second kappa shape index (κ2) is 15.9. The van der Waals surface area contributed by atoms with Crippen LogP contribution in [0.2, 0.25) is 0 Å². The third-order valence-corrected chi connectivity index (χ3v) is 6.82. The van der Waals surface area contributed by atoms with Gasteiger partial charge in [0.15, 0.2) is 0 Å². The molecule has 2 rings (SSSR count). The minimum atomic E-state index is -0.382. The fourth-order valence-corrected chi connectivity index (χ4v) is 4.75. The normalized spacial score (nSPS) is 20.4. The highest BCUT2D eigenvalue weighted by atomic mass is 16.3. The number of carbonyl (C=O) groups is 2. The molecule has 1 heterocycles. The lowest BCUT2D eigenvalue weighted by molar-refractivity contribution is -0.122. The van der Waals surface area contributed by atoms with Gasteiger partial charge in [0.1, 0.15) is 11.5 Å². The van der Waals surface area contributed by atoms with Crippen molar-refractivity contribution in [1.82, 2.24) is 5.32 Å². The molecule has 0 aliphatic heterocycles. The van der Waals surface area contributed by atoms with E-state index in [9.17, 15) is 14.7 Å². The molecular formula is C28H45NO4. The van der Waals surface area contributed by atoms with E-state index in [1.807, 2.05) is 25.1 Å². The number of rotatable bonds is 17. The zero-order chi connectivity index (χ0) is 23.9. The Morgan fingerprint density at radius 3 is 2.79 bits per heavy atom. The summed E-state index contributed by atoms with van der Waals surface area (Å²) in [5, 5.41) is 13.2. The Labute approximate surface area is 200 Å². The molecule has 186 valence electrons. The lowest BCUT2D eigenvalue weighted by atomic mass is 9.89. The van der Waals surface area contributed by atoms with E-state index in [1.54, 1.807) is 6.26 Å². The first-order valence-corrected chi connectivity index (χ1v) is 13.2. The number of hydrogen-bond donors (Lipinski definition) is 2. The van der Waals surface area contributed by atoms with Gasteiger partial charge >= 0.3 is 0 Å². The van der Waals surface area contributed by atoms with E-state index in [0.717, 1.165) is 82.8 Å². The van der Waals surface area contributed by atoms with Crippen LogP contribution in [-0.2, 0) is 16.0 Å². The number of allylic oxidation sites excluding steroid dienone is 1. The standard InChI is InChI=1S/C28H45NO4/c1-3-4-7-11-24(30)18-16-23-17-20-27(31)26(23)13-8-5-6-9-14-28(32)29-22(2)15-19-25-12-10-21-33-25/h10,12,16,18,21-24,26,30H,3-9,11,13-15,17,19-20H2,1-2H3,(H,29,32)/b18-16+/t22-,23-,24-,26+/m0/s1. The Bertz CT molecular complexity index is 697. The van der Waals surface area contributed by atoms with Crippen molar-refractivity contribution in [3.8, 4) is 0 Å². The van der Waals surface area contributed by atoms with Gasteiger partial charge in [0.2, 0.25) is 5.91 Å². The largest absolute Gasteiger partial charge is 0.469 e. The van der Waals surface area contributed by atoms with Crippen LogP contribution >= 0.6 is 0 Å². The van der Waals surface area contributed by atoms with Crippen LogP contribution in [0.15, 0.2) is 35.0 Å². The number of ketones is 1. The zero-order valence-corrected chi connectivity index (χ0v) is 20.8. The number of nitrogens with one attached hydrogen (secondary N) is 1. The topological polar surface area (TPSA) is 79.5 Å². The van der Waals surface area contributed by atoms with E-state index >= 15 is 0 Å². The number of amides is 1. The average Bonchev–Trinajstić information content (AvgIpc) is 3.43. The van der Waals surface area contributed by atoms with Crippen molar-refractivity contribution in [3.63, 3.8) is 0 Å². The first-order chi connectivity index (χ1) is 16.0. The van der Waals surface area contributed by atoms with E-state index in [4.69, 9.17) is 4.42 Å². The van der Waals surface area contributed by atoms with Gasteiger partial charge in [0.25, 0.3) is 0 Å². The first-order valence-electron chi connectivity index (χ1n) is 13.2. The summed E-state index contributed by atoms with van der Waals surface area (Å²) in [6, 6.07) is 3.99. The van der Waals surface area contributed by atoms with Gasteiger partial charge < -0.3 is 14.8 Å². The van der Waals surface area contributed by atoms with Gasteiger partial charge in [-0.05, 0) is 57.1 Å². The van der Waals surface area contributed by atoms with E-state index in [2.05, 4.69) is 18.3 Å². The lowest BCUT2D eigenvalue weighted by Gasteiger charge is -2.16. The van der Waals surface area contributed by atoms with Gasteiger partial charge in [-0.25, -0.2) is 0 Å². The summed E-state index contributed by atoms with van der Waals surface area (Å²) < 4.78 is 5.33. The summed E-state index contributed by atoms with van der Waals surface area (Å²) >= 11 is 0. The number of hydrogen-bond acceptors (Lipinski definition) is 4. The molecule has 1 aromatic rings. The summed E-state index contributed by atoms with van der Waals surface area (Å²) in [7, 11) is 0. The van der Waals surface area contributed by atoms with Gasteiger partial charge in [-0.2, -0.15) is 0 Å². The molecule has 1 saturated carbocycles. The first kappa shape index (κ1) is 27.4. The number of aliphatic hydroxyl groups is 1. The van der Waals surface area contributed by atoms with Crippen LogP contribution < -0.4 is 5.32 Å². The molecule has 2 N–H and O–H groups in total. The van der Waals surface area contributed by atoms with Crippen molar-refractivity contribution in [2.75, 3.05) is 0 Å². The second-order valence-electron chi connectivity index (χ2n) is 9.76. The molecule has 0 bridgehead atoms. The van der Waals surface area contributed by atoms with Gasteiger partial charge in [-0.3, -0.25) is 9.59 Å². The number of carbonyl (C=O) groups excluding carboxylic acids is 2. The highest BCUT2D eigenvalue weighted by molar-refractivity contribution is 5.83. The molecule has 4 atom stereocenters. The van der Waals surface area contributed by atoms with Crippen molar-refractivity contribution < 1.29 is 19.1 Å². The summed E-state index contributed by atoms with van der Waals surface area (Å²) in [6.07, 6.45) is 18.3. The Morgan fingerprint density at radius 2 is 2.03 bits per heavy atom. The molecule has 1 amide bonds. The smallest absolute Gasteiger partial charge is 0.220 e. The maximum atomic E-state index is 12.3. The third-order valence-electron chi connectivity index (χ3n) is 6.82. The highest BCUT2D eigenvalue weighted by Crippen LogP contribution is 2.34. The lowest BCUT2D eigenvalue weighted by Crippen LogP contribution is -2.32. The van der Waals surface area contributed by atoms with Crippen molar-refractivity contribution >= 4 is 11.7 Å². The molecule has 0 saturated heterocycles. The molecule has 1 fully saturated rings. The van der Waals surface area contributed by atoms with E-state index in [1.165, 1.54) is 0 Å². The Kier molecular flexibility index (Phi) is 13.2.